The molecule has 0 aliphatic carbocycles. The second kappa shape index (κ2) is 11.3. The number of pyridine rings is 1. The zero-order valence-corrected chi connectivity index (χ0v) is 22.8. The van der Waals surface area contributed by atoms with E-state index in [0.717, 1.165) is 10.9 Å². The van der Waals surface area contributed by atoms with Gasteiger partial charge in [-0.3, -0.25) is 4.79 Å². The minimum absolute atomic E-state index is 0.171. The number of rotatable bonds is 10. The number of fused-ring (bicyclic) bond motifs is 3. The van der Waals surface area contributed by atoms with Crippen molar-refractivity contribution in [2.75, 3.05) is 11.5 Å². The summed E-state index contributed by atoms with van der Waals surface area (Å²) >= 11 is 0. The Morgan fingerprint density at radius 2 is 1.50 bits per heavy atom. The van der Waals surface area contributed by atoms with Crippen LogP contribution in [0.15, 0.2) is 87.8 Å². The number of hydrogen-bond donors (Lipinski definition) is 1. The summed E-state index contributed by atoms with van der Waals surface area (Å²) in [6.07, 6.45) is 6.86. The topological polar surface area (TPSA) is 114 Å². The fraction of sp³-hybridized carbons (Fsp3) is 0.214. The minimum Gasteiger partial charge on any atom is -0.309 e. The Morgan fingerprint density at radius 1 is 0.868 bits per heavy atom. The molecule has 4 aromatic rings. The van der Waals surface area contributed by atoms with Crippen molar-refractivity contribution in [3.63, 3.8) is 0 Å². The molecule has 0 saturated heterocycles. The number of nitrogens with zero attached hydrogens (tertiary/aromatic N) is 2. The number of hydrazone groups is 1. The van der Waals surface area contributed by atoms with Crippen LogP contribution in [0.2, 0.25) is 0 Å². The molecule has 2 aromatic carbocycles. The van der Waals surface area contributed by atoms with E-state index in [1.165, 1.54) is 16.8 Å². The van der Waals surface area contributed by atoms with Crippen LogP contribution in [0.4, 0.5) is 0 Å². The molecule has 0 bridgehead atoms. The smallest absolute Gasteiger partial charge is 0.289 e. The van der Waals surface area contributed by atoms with Gasteiger partial charge in [-0.2, -0.15) is 5.10 Å². The zero-order valence-electron chi connectivity index (χ0n) is 21.2. The van der Waals surface area contributed by atoms with E-state index >= 15 is 0 Å². The Morgan fingerprint density at radius 3 is 2.18 bits per heavy atom. The van der Waals surface area contributed by atoms with Crippen molar-refractivity contribution < 1.29 is 21.6 Å². The van der Waals surface area contributed by atoms with E-state index in [0.29, 0.717) is 5.39 Å². The van der Waals surface area contributed by atoms with Crippen LogP contribution in [0.5, 0.6) is 0 Å². The summed E-state index contributed by atoms with van der Waals surface area (Å²) in [5, 5.41) is 5.20. The van der Waals surface area contributed by atoms with E-state index in [2.05, 4.69) is 10.5 Å². The molecule has 0 atom stereocenters. The van der Waals surface area contributed by atoms with E-state index < -0.39 is 30.5 Å². The third-order valence-electron chi connectivity index (χ3n) is 5.93. The maximum atomic E-state index is 13.6. The fourth-order valence-electron chi connectivity index (χ4n) is 4.40. The van der Waals surface area contributed by atoms with Gasteiger partial charge in [0.15, 0.2) is 19.7 Å². The highest BCUT2D eigenvalue weighted by atomic mass is 32.2. The fourth-order valence-corrected chi connectivity index (χ4v) is 8.39. The highest BCUT2D eigenvalue weighted by Gasteiger charge is 2.37. The number of hydrogen-bond acceptors (Lipinski definition) is 6. The summed E-state index contributed by atoms with van der Waals surface area (Å²) in [6.45, 7) is 3.39. The Bertz CT molecular complexity index is 1750. The normalized spacial score (nSPS) is 12.7. The Kier molecular flexibility index (Phi) is 8.13. The lowest BCUT2D eigenvalue weighted by Crippen LogP contribution is -2.23. The standard InChI is InChI=1S/C28H29N3O5S2/c1-3-19-37(33,34)26-24-23-15-9-8-14-22(23)16-18-31(24)25(27(26)38(35,36)20-4-2)28(32)30-29-17-10-13-21-11-6-5-7-12-21/h5-18H,3-4,19-20H2,1-2H3,(H,30,32)/b13-10+,29-17?. The molecule has 0 unspecified atom stereocenters. The molecule has 198 valence electrons. The van der Waals surface area contributed by atoms with Crippen molar-refractivity contribution in [3.8, 4) is 0 Å². The lowest BCUT2D eigenvalue weighted by molar-refractivity contribution is 0.0945. The molecule has 10 heteroatoms. The van der Waals surface area contributed by atoms with Crippen molar-refractivity contribution in [1.29, 1.82) is 0 Å². The number of sulfone groups is 2. The quantitative estimate of drug-likeness (QED) is 0.223. The molecule has 0 saturated carbocycles. The highest BCUT2D eigenvalue weighted by Crippen LogP contribution is 2.37. The Hall–Kier alpha value is -3.76. The SMILES string of the molecule is CCCS(=O)(=O)c1c(S(=O)(=O)CCC)c2c3ccccc3ccn2c1C(=O)NN=C/C=C/c1ccccc1. The van der Waals surface area contributed by atoms with Crippen LogP contribution in [0.3, 0.4) is 0 Å². The largest absolute Gasteiger partial charge is 0.309 e. The molecule has 0 spiro atoms. The molecule has 2 aromatic heterocycles. The van der Waals surface area contributed by atoms with Crippen LogP contribution in [0, 0.1) is 0 Å². The van der Waals surface area contributed by atoms with Crippen LogP contribution in [0.25, 0.3) is 22.4 Å². The predicted molar refractivity (Wildman–Crippen MR) is 151 cm³/mol. The van der Waals surface area contributed by atoms with Gasteiger partial charge in [-0.15, -0.1) is 0 Å². The number of benzene rings is 2. The molecular formula is C28H29N3O5S2. The van der Waals surface area contributed by atoms with Crippen LogP contribution < -0.4 is 5.43 Å². The van der Waals surface area contributed by atoms with E-state index in [1.54, 1.807) is 44.2 Å². The summed E-state index contributed by atoms with van der Waals surface area (Å²) < 4.78 is 55.6. The molecule has 38 heavy (non-hydrogen) atoms. The second-order valence-electron chi connectivity index (χ2n) is 8.76. The van der Waals surface area contributed by atoms with Gasteiger partial charge in [0.2, 0.25) is 0 Å². The van der Waals surface area contributed by atoms with Crippen molar-refractivity contribution in [2.24, 2.45) is 5.10 Å². The van der Waals surface area contributed by atoms with Gasteiger partial charge in [0, 0.05) is 17.8 Å². The van der Waals surface area contributed by atoms with Gasteiger partial charge >= 0.3 is 0 Å². The monoisotopic (exact) mass is 551 g/mol. The number of nitrogens with one attached hydrogen (secondary N) is 1. The van der Waals surface area contributed by atoms with Crippen LogP contribution >= 0.6 is 0 Å². The lowest BCUT2D eigenvalue weighted by atomic mass is 10.1. The summed E-state index contributed by atoms with van der Waals surface area (Å²) in [5.41, 5.74) is 3.21. The number of carbonyl (C=O) groups excluding carboxylic acids is 1. The Labute approximate surface area is 222 Å². The molecule has 1 N–H and O–H groups in total. The maximum Gasteiger partial charge on any atom is 0.289 e. The summed E-state index contributed by atoms with van der Waals surface area (Å²) in [4.78, 5) is 12.7. The third kappa shape index (κ3) is 5.41. The van der Waals surface area contributed by atoms with Gasteiger partial charge in [0.25, 0.3) is 5.91 Å². The van der Waals surface area contributed by atoms with Crippen molar-refractivity contribution >= 4 is 54.2 Å². The molecular weight excluding hydrogens is 522 g/mol. The number of allylic oxidation sites excluding steroid dienone is 1. The first kappa shape index (κ1) is 27.3. The maximum absolute atomic E-state index is 13.6. The summed E-state index contributed by atoms with van der Waals surface area (Å²) in [5.74, 6) is -1.39. The summed E-state index contributed by atoms with van der Waals surface area (Å²) in [6, 6.07) is 18.3. The molecule has 2 heterocycles. The molecule has 0 aliphatic heterocycles. The number of aromatic nitrogens is 1. The first-order valence-electron chi connectivity index (χ1n) is 12.3. The van der Waals surface area contributed by atoms with Gasteiger partial charge in [-0.25, -0.2) is 22.3 Å². The molecule has 1 amide bonds. The number of carbonyl (C=O) groups is 1. The average molecular weight is 552 g/mol. The molecule has 8 nitrogen and oxygen atoms in total. The first-order valence-corrected chi connectivity index (χ1v) is 15.6. The lowest BCUT2D eigenvalue weighted by Gasteiger charge is -2.09. The van der Waals surface area contributed by atoms with E-state index in [1.807, 2.05) is 42.5 Å². The number of amides is 1. The van der Waals surface area contributed by atoms with Crippen molar-refractivity contribution in [2.45, 2.75) is 36.5 Å². The minimum atomic E-state index is -4.15. The van der Waals surface area contributed by atoms with Gasteiger partial charge in [0.05, 0.1) is 17.0 Å². The zero-order chi connectivity index (χ0) is 27.3. The first-order chi connectivity index (χ1) is 18.2. The van der Waals surface area contributed by atoms with Crippen LogP contribution in [0.1, 0.15) is 42.7 Å². The van der Waals surface area contributed by atoms with E-state index in [9.17, 15) is 21.6 Å². The average Bonchev–Trinajstić information content (AvgIpc) is 3.27. The Balaban J connectivity index is 1.93. The molecule has 0 aliphatic rings. The second-order valence-corrected chi connectivity index (χ2v) is 12.8. The van der Waals surface area contributed by atoms with Gasteiger partial charge in [-0.1, -0.05) is 74.5 Å². The molecule has 0 radical (unpaired) electrons. The third-order valence-corrected chi connectivity index (χ3v) is 9.99. The molecule has 4 rings (SSSR count). The van der Waals surface area contributed by atoms with Crippen LogP contribution in [-0.4, -0.2) is 44.9 Å². The summed E-state index contributed by atoms with van der Waals surface area (Å²) in [7, 11) is -8.21. The van der Waals surface area contributed by atoms with Gasteiger partial charge in [0.1, 0.15) is 15.5 Å². The van der Waals surface area contributed by atoms with Crippen molar-refractivity contribution in [3.05, 3.63) is 84.2 Å². The predicted octanol–water partition coefficient (Wildman–Crippen LogP) is 4.89. The van der Waals surface area contributed by atoms with E-state index in [-0.39, 0.29) is 40.5 Å². The van der Waals surface area contributed by atoms with Gasteiger partial charge in [-0.05, 0) is 35.9 Å². The van der Waals surface area contributed by atoms with E-state index in [4.69, 9.17) is 0 Å². The van der Waals surface area contributed by atoms with Crippen LogP contribution in [-0.2, 0) is 19.7 Å². The highest BCUT2D eigenvalue weighted by molar-refractivity contribution is 7.94. The molecule has 0 fully saturated rings. The van der Waals surface area contributed by atoms with Gasteiger partial charge < -0.3 is 4.40 Å². The van der Waals surface area contributed by atoms with Crippen molar-refractivity contribution in [1.82, 2.24) is 9.83 Å².